The van der Waals surface area contributed by atoms with E-state index in [9.17, 15) is 9.59 Å². The first-order chi connectivity index (χ1) is 19.5. The minimum absolute atomic E-state index is 0.355. The number of hydrogen-bond donors (Lipinski definition) is 1. The summed E-state index contributed by atoms with van der Waals surface area (Å²) in [5, 5.41) is 6.14. The van der Waals surface area contributed by atoms with Gasteiger partial charge in [-0.25, -0.2) is 10.2 Å². The molecule has 8 heteroatoms. The number of halogens is 1. The Bertz CT molecular complexity index is 1470. The molecule has 0 saturated heterocycles. The highest BCUT2D eigenvalue weighted by Gasteiger charge is 2.20. The number of hydrogen-bond acceptors (Lipinski definition) is 6. The summed E-state index contributed by atoms with van der Waals surface area (Å²) in [5.74, 6) is 0.892. The van der Waals surface area contributed by atoms with Crippen molar-refractivity contribution in [3.8, 4) is 17.2 Å². The first-order valence-electron chi connectivity index (χ1n) is 13.2. The molecule has 1 unspecified atom stereocenters. The van der Waals surface area contributed by atoms with Crippen LogP contribution in [0.2, 0.25) is 0 Å². The van der Waals surface area contributed by atoms with E-state index in [0.29, 0.717) is 30.1 Å². The molecule has 0 aromatic heterocycles. The molecule has 7 nitrogen and oxygen atoms in total. The molecule has 0 spiro atoms. The molecule has 1 amide bonds. The molecule has 0 aliphatic heterocycles. The summed E-state index contributed by atoms with van der Waals surface area (Å²) in [6, 6.07) is 25.4. The van der Waals surface area contributed by atoms with E-state index < -0.39 is 12.1 Å². The predicted octanol–water partition coefficient (Wildman–Crippen LogP) is 7.31. The summed E-state index contributed by atoms with van der Waals surface area (Å²) in [7, 11) is 0. The average Bonchev–Trinajstić information content (AvgIpc) is 2.98. The Morgan fingerprint density at radius 2 is 1.65 bits per heavy atom. The Hall–Kier alpha value is -4.17. The van der Waals surface area contributed by atoms with Gasteiger partial charge < -0.3 is 14.2 Å². The third-order valence-electron chi connectivity index (χ3n) is 6.10. The van der Waals surface area contributed by atoms with Crippen LogP contribution in [-0.4, -0.2) is 30.8 Å². The topological polar surface area (TPSA) is 86.2 Å². The molecule has 0 saturated carbocycles. The quantitative estimate of drug-likeness (QED) is 0.0604. The first-order valence-corrected chi connectivity index (χ1v) is 14.0. The number of carbonyl (C=O) groups excluding carboxylic acids is 2. The molecule has 1 atom stereocenters. The van der Waals surface area contributed by atoms with Gasteiger partial charge in [0.2, 0.25) is 0 Å². The normalized spacial score (nSPS) is 11.8. The number of rotatable bonds is 12. The molecule has 4 aromatic carbocycles. The van der Waals surface area contributed by atoms with E-state index in [2.05, 4.69) is 33.4 Å². The van der Waals surface area contributed by atoms with Gasteiger partial charge in [0, 0.05) is 0 Å². The van der Waals surface area contributed by atoms with E-state index in [4.69, 9.17) is 14.2 Å². The Morgan fingerprint density at radius 3 is 2.38 bits per heavy atom. The van der Waals surface area contributed by atoms with Crippen molar-refractivity contribution >= 4 is 44.8 Å². The van der Waals surface area contributed by atoms with E-state index in [0.717, 1.165) is 39.4 Å². The fraction of sp³-hybridized carbons (Fsp3) is 0.219. The van der Waals surface area contributed by atoms with E-state index in [1.807, 2.05) is 43.3 Å². The van der Waals surface area contributed by atoms with E-state index in [1.54, 1.807) is 48.5 Å². The minimum Gasteiger partial charge on any atom is -0.494 e. The number of unbranched alkanes of at least 4 members (excludes halogenated alkanes) is 1. The van der Waals surface area contributed by atoms with Crippen molar-refractivity contribution < 1.29 is 23.8 Å². The molecule has 0 heterocycles. The maximum Gasteiger partial charge on any atom is 0.343 e. The molecule has 0 fully saturated rings. The maximum absolute atomic E-state index is 12.7. The molecule has 4 aromatic rings. The van der Waals surface area contributed by atoms with Gasteiger partial charge in [-0.3, -0.25) is 4.79 Å². The number of benzene rings is 4. The third kappa shape index (κ3) is 7.70. The molecule has 0 aliphatic rings. The Labute approximate surface area is 242 Å². The Kier molecular flexibility index (Phi) is 10.3. The van der Waals surface area contributed by atoms with Gasteiger partial charge in [-0.15, -0.1) is 0 Å². The lowest BCUT2D eigenvalue weighted by Gasteiger charge is -2.17. The van der Waals surface area contributed by atoms with Gasteiger partial charge in [-0.1, -0.05) is 50.6 Å². The lowest BCUT2D eigenvalue weighted by molar-refractivity contribution is -0.128. The Balaban J connectivity index is 1.29. The van der Waals surface area contributed by atoms with Crippen LogP contribution in [0, 0.1) is 0 Å². The first kappa shape index (κ1) is 28.8. The predicted molar refractivity (Wildman–Crippen MR) is 160 cm³/mol. The van der Waals surface area contributed by atoms with Crippen molar-refractivity contribution in [1.82, 2.24) is 5.43 Å². The lowest BCUT2D eigenvalue weighted by atomic mass is 10.1. The number of fused-ring (bicyclic) bond motifs is 1. The highest BCUT2D eigenvalue weighted by molar-refractivity contribution is 9.10. The average molecular weight is 604 g/mol. The monoisotopic (exact) mass is 602 g/mol. The van der Waals surface area contributed by atoms with Gasteiger partial charge in [0.05, 0.1) is 22.9 Å². The largest absolute Gasteiger partial charge is 0.494 e. The van der Waals surface area contributed by atoms with Crippen LogP contribution in [0.4, 0.5) is 0 Å². The summed E-state index contributed by atoms with van der Waals surface area (Å²) < 4.78 is 17.9. The van der Waals surface area contributed by atoms with Crippen LogP contribution in [0.15, 0.2) is 94.5 Å². The molecule has 4 rings (SSSR count). The highest BCUT2D eigenvalue weighted by Crippen LogP contribution is 2.33. The SMILES string of the molecule is CCCCOc1ccc(C(=O)Oc2ccc(C=NNC(=O)C(CC)Oc3ccc4ccccc4c3Br)cc2)cc1. The molecule has 206 valence electrons. The minimum atomic E-state index is -0.714. The van der Waals surface area contributed by atoms with Crippen LogP contribution < -0.4 is 19.6 Å². The molecule has 0 radical (unpaired) electrons. The number of esters is 1. The fourth-order valence-corrected chi connectivity index (χ4v) is 4.42. The van der Waals surface area contributed by atoms with Gasteiger partial charge in [-0.2, -0.15) is 5.10 Å². The van der Waals surface area contributed by atoms with E-state index in [1.165, 1.54) is 6.21 Å². The van der Waals surface area contributed by atoms with Crippen LogP contribution in [0.1, 0.15) is 49.0 Å². The standard InChI is InChI=1S/C32H31BrN2O5/c1-3-5-20-38-25-17-12-24(13-18-25)32(37)39-26-15-10-22(11-16-26)21-34-35-31(36)28(4-2)40-29-19-14-23-8-6-7-9-27(23)30(29)33/h6-19,21,28H,3-5,20H2,1-2H3,(H,35,36). The van der Waals surface area contributed by atoms with Crippen molar-refractivity contribution in [2.24, 2.45) is 5.10 Å². The summed E-state index contributed by atoms with van der Waals surface area (Å²) >= 11 is 3.60. The number of hydrazone groups is 1. The fourth-order valence-electron chi connectivity index (χ4n) is 3.83. The van der Waals surface area contributed by atoms with Crippen molar-refractivity contribution in [2.45, 2.75) is 39.2 Å². The molecular formula is C32H31BrN2O5. The maximum atomic E-state index is 12.7. The van der Waals surface area contributed by atoms with Crippen molar-refractivity contribution in [2.75, 3.05) is 6.61 Å². The smallest absolute Gasteiger partial charge is 0.343 e. The van der Waals surface area contributed by atoms with Crippen molar-refractivity contribution in [3.05, 3.63) is 101 Å². The zero-order chi connectivity index (χ0) is 28.3. The molecular weight excluding hydrogens is 572 g/mol. The van der Waals surface area contributed by atoms with Gasteiger partial charge in [0.1, 0.15) is 17.2 Å². The summed E-state index contributed by atoms with van der Waals surface area (Å²) in [6.45, 7) is 4.62. The number of nitrogens with zero attached hydrogens (tertiary/aromatic N) is 1. The van der Waals surface area contributed by atoms with Gasteiger partial charge in [0.15, 0.2) is 6.10 Å². The van der Waals surface area contributed by atoms with Crippen molar-refractivity contribution in [1.29, 1.82) is 0 Å². The number of amides is 1. The van der Waals surface area contributed by atoms with Gasteiger partial charge in [0.25, 0.3) is 5.91 Å². The summed E-state index contributed by atoms with van der Waals surface area (Å²) in [5.41, 5.74) is 3.69. The van der Waals surface area contributed by atoms with Gasteiger partial charge in [-0.05, 0) is 99.7 Å². The third-order valence-corrected chi connectivity index (χ3v) is 6.91. The summed E-state index contributed by atoms with van der Waals surface area (Å²) in [4.78, 5) is 25.2. The Morgan fingerprint density at radius 1 is 0.925 bits per heavy atom. The number of nitrogens with one attached hydrogen (secondary N) is 1. The van der Waals surface area contributed by atoms with Crippen LogP contribution in [0.5, 0.6) is 17.2 Å². The summed E-state index contributed by atoms with van der Waals surface area (Å²) in [6.07, 6.45) is 3.31. The van der Waals surface area contributed by atoms with Gasteiger partial charge >= 0.3 is 5.97 Å². The second-order valence-corrected chi connectivity index (χ2v) is 9.83. The molecule has 40 heavy (non-hydrogen) atoms. The van der Waals surface area contributed by atoms with Crippen LogP contribution in [0.3, 0.4) is 0 Å². The van der Waals surface area contributed by atoms with E-state index >= 15 is 0 Å². The number of ether oxygens (including phenoxy) is 3. The van der Waals surface area contributed by atoms with E-state index in [-0.39, 0.29) is 5.91 Å². The van der Waals surface area contributed by atoms with Crippen LogP contribution >= 0.6 is 15.9 Å². The molecule has 0 aliphatic carbocycles. The number of carbonyl (C=O) groups is 2. The van der Waals surface area contributed by atoms with Crippen LogP contribution in [0.25, 0.3) is 10.8 Å². The zero-order valence-electron chi connectivity index (χ0n) is 22.4. The highest BCUT2D eigenvalue weighted by atomic mass is 79.9. The molecule has 0 bridgehead atoms. The van der Waals surface area contributed by atoms with Crippen molar-refractivity contribution in [3.63, 3.8) is 0 Å². The van der Waals surface area contributed by atoms with Crippen LogP contribution in [-0.2, 0) is 4.79 Å². The molecule has 1 N–H and O–H groups in total. The second kappa shape index (κ2) is 14.3. The zero-order valence-corrected chi connectivity index (χ0v) is 24.0. The lowest BCUT2D eigenvalue weighted by Crippen LogP contribution is -2.35. The second-order valence-electron chi connectivity index (χ2n) is 9.03.